The maximum absolute atomic E-state index is 3.93. The van der Waals surface area contributed by atoms with Gasteiger partial charge in [0, 0.05) is 25.2 Å². The fourth-order valence-electron chi connectivity index (χ4n) is 4.17. The Morgan fingerprint density at radius 1 is 1.12 bits per heavy atom. The van der Waals surface area contributed by atoms with Gasteiger partial charge in [0.1, 0.15) is 0 Å². The van der Waals surface area contributed by atoms with Gasteiger partial charge in [-0.25, -0.2) is 0 Å². The molecule has 98 valence electrons. The van der Waals surface area contributed by atoms with Gasteiger partial charge in [0.15, 0.2) is 0 Å². The number of nitrogens with one attached hydrogen (secondary N) is 1. The van der Waals surface area contributed by atoms with Gasteiger partial charge in [-0.1, -0.05) is 19.8 Å². The van der Waals surface area contributed by atoms with Crippen molar-refractivity contribution in [1.29, 1.82) is 0 Å². The molecule has 2 heteroatoms. The van der Waals surface area contributed by atoms with E-state index in [9.17, 15) is 0 Å². The third kappa shape index (κ3) is 2.26. The van der Waals surface area contributed by atoms with E-state index in [2.05, 4.69) is 17.1 Å². The SMILES string of the molecule is CCC1(CNC2CCN3CCCCC23)CCC1. The first-order valence-corrected chi connectivity index (χ1v) is 7.80. The van der Waals surface area contributed by atoms with Gasteiger partial charge in [-0.05, 0) is 50.5 Å². The van der Waals surface area contributed by atoms with E-state index in [1.165, 1.54) is 71.0 Å². The lowest BCUT2D eigenvalue weighted by Gasteiger charge is -2.43. The van der Waals surface area contributed by atoms with Crippen molar-refractivity contribution in [1.82, 2.24) is 10.2 Å². The summed E-state index contributed by atoms with van der Waals surface area (Å²) in [5, 5.41) is 3.93. The molecule has 0 aromatic carbocycles. The van der Waals surface area contributed by atoms with E-state index in [1.807, 2.05) is 0 Å². The van der Waals surface area contributed by atoms with E-state index >= 15 is 0 Å². The lowest BCUT2D eigenvalue weighted by atomic mass is 9.67. The lowest BCUT2D eigenvalue weighted by Crippen LogP contribution is -2.49. The standard InChI is InChI=1S/C15H28N2/c1-2-15(8-5-9-15)12-16-13-7-11-17-10-4-3-6-14(13)17/h13-14,16H,2-12H2,1H3. The molecule has 3 fully saturated rings. The van der Waals surface area contributed by atoms with E-state index in [1.54, 1.807) is 0 Å². The average molecular weight is 236 g/mol. The van der Waals surface area contributed by atoms with Gasteiger partial charge in [0.2, 0.25) is 0 Å². The molecule has 3 rings (SSSR count). The van der Waals surface area contributed by atoms with Crippen LogP contribution >= 0.6 is 0 Å². The molecule has 17 heavy (non-hydrogen) atoms. The maximum Gasteiger partial charge on any atom is 0.0249 e. The molecular formula is C15H28N2. The van der Waals surface area contributed by atoms with Crippen molar-refractivity contribution in [2.24, 2.45) is 5.41 Å². The van der Waals surface area contributed by atoms with E-state index in [4.69, 9.17) is 0 Å². The van der Waals surface area contributed by atoms with Gasteiger partial charge < -0.3 is 5.32 Å². The summed E-state index contributed by atoms with van der Waals surface area (Å²) in [6.07, 6.45) is 11.5. The van der Waals surface area contributed by atoms with Crippen LogP contribution in [0.5, 0.6) is 0 Å². The molecule has 0 radical (unpaired) electrons. The van der Waals surface area contributed by atoms with Crippen LogP contribution in [-0.2, 0) is 0 Å². The summed E-state index contributed by atoms with van der Waals surface area (Å²) in [4.78, 5) is 2.74. The van der Waals surface area contributed by atoms with E-state index in [0.29, 0.717) is 5.41 Å². The van der Waals surface area contributed by atoms with Gasteiger partial charge in [-0.2, -0.15) is 0 Å². The average Bonchev–Trinajstić information content (AvgIpc) is 2.72. The predicted octanol–water partition coefficient (Wildman–Crippen LogP) is 2.78. The molecule has 1 aliphatic carbocycles. The Kier molecular flexibility index (Phi) is 3.45. The van der Waals surface area contributed by atoms with Crippen molar-refractivity contribution in [3.05, 3.63) is 0 Å². The van der Waals surface area contributed by atoms with Crippen LogP contribution in [-0.4, -0.2) is 36.6 Å². The highest BCUT2D eigenvalue weighted by molar-refractivity contribution is 4.96. The third-order valence-corrected chi connectivity index (χ3v) is 5.76. The van der Waals surface area contributed by atoms with Gasteiger partial charge in [0.05, 0.1) is 0 Å². The quantitative estimate of drug-likeness (QED) is 0.807. The number of piperidine rings is 1. The van der Waals surface area contributed by atoms with Crippen molar-refractivity contribution >= 4 is 0 Å². The third-order valence-electron chi connectivity index (χ3n) is 5.76. The van der Waals surface area contributed by atoms with Gasteiger partial charge in [0.25, 0.3) is 0 Å². The van der Waals surface area contributed by atoms with Crippen LogP contribution in [0.2, 0.25) is 0 Å². The first kappa shape index (κ1) is 12.0. The fourth-order valence-corrected chi connectivity index (χ4v) is 4.17. The Labute approximate surface area is 106 Å². The summed E-state index contributed by atoms with van der Waals surface area (Å²) in [6, 6.07) is 1.68. The molecular weight excluding hydrogens is 208 g/mol. The second kappa shape index (κ2) is 4.89. The van der Waals surface area contributed by atoms with Crippen LogP contribution in [0.3, 0.4) is 0 Å². The van der Waals surface area contributed by atoms with Crippen LogP contribution in [0, 0.1) is 5.41 Å². The molecule has 0 spiro atoms. The predicted molar refractivity (Wildman–Crippen MR) is 72.2 cm³/mol. The van der Waals surface area contributed by atoms with Crippen molar-refractivity contribution in [2.45, 2.75) is 70.4 Å². The van der Waals surface area contributed by atoms with Crippen molar-refractivity contribution in [3.8, 4) is 0 Å². The first-order chi connectivity index (χ1) is 8.33. The number of fused-ring (bicyclic) bond motifs is 1. The summed E-state index contributed by atoms with van der Waals surface area (Å²) in [5.41, 5.74) is 0.683. The molecule has 2 nitrogen and oxygen atoms in total. The zero-order valence-corrected chi connectivity index (χ0v) is 11.4. The summed E-state index contributed by atoms with van der Waals surface area (Å²) in [7, 11) is 0. The second-order valence-electron chi connectivity index (χ2n) is 6.58. The Hall–Kier alpha value is -0.0800. The summed E-state index contributed by atoms with van der Waals surface area (Å²) < 4.78 is 0. The lowest BCUT2D eigenvalue weighted by molar-refractivity contribution is 0.110. The number of hydrogen-bond acceptors (Lipinski definition) is 2. The minimum Gasteiger partial charge on any atom is -0.312 e. The molecule has 2 aliphatic heterocycles. The molecule has 0 amide bonds. The molecule has 1 saturated carbocycles. The molecule has 2 unspecified atom stereocenters. The summed E-state index contributed by atoms with van der Waals surface area (Å²) in [6.45, 7) is 6.38. The number of rotatable bonds is 4. The minimum absolute atomic E-state index is 0.683. The molecule has 2 saturated heterocycles. The fraction of sp³-hybridized carbons (Fsp3) is 1.00. The minimum atomic E-state index is 0.683. The Morgan fingerprint density at radius 3 is 2.71 bits per heavy atom. The second-order valence-corrected chi connectivity index (χ2v) is 6.58. The Bertz CT molecular complexity index is 254. The van der Waals surface area contributed by atoms with E-state index in [-0.39, 0.29) is 0 Å². The van der Waals surface area contributed by atoms with Crippen LogP contribution in [0.4, 0.5) is 0 Å². The van der Waals surface area contributed by atoms with Gasteiger partial charge >= 0.3 is 0 Å². The van der Waals surface area contributed by atoms with Crippen LogP contribution < -0.4 is 5.32 Å². The molecule has 0 aromatic rings. The Balaban J connectivity index is 1.51. The Morgan fingerprint density at radius 2 is 2.00 bits per heavy atom. The van der Waals surface area contributed by atoms with Crippen molar-refractivity contribution in [2.75, 3.05) is 19.6 Å². The summed E-state index contributed by atoms with van der Waals surface area (Å²) in [5.74, 6) is 0. The monoisotopic (exact) mass is 236 g/mol. The first-order valence-electron chi connectivity index (χ1n) is 7.80. The highest BCUT2D eigenvalue weighted by Crippen LogP contribution is 2.43. The molecule has 0 aromatic heterocycles. The van der Waals surface area contributed by atoms with E-state index in [0.717, 1.165) is 12.1 Å². The molecule has 2 atom stereocenters. The summed E-state index contributed by atoms with van der Waals surface area (Å²) >= 11 is 0. The highest BCUT2D eigenvalue weighted by Gasteiger charge is 2.39. The van der Waals surface area contributed by atoms with Gasteiger partial charge in [-0.3, -0.25) is 4.90 Å². The van der Waals surface area contributed by atoms with Crippen molar-refractivity contribution < 1.29 is 0 Å². The topological polar surface area (TPSA) is 15.3 Å². The highest BCUT2D eigenvalue weighted by atomic mass is 15.2. The maximum atomic E-state index is 3.93. The molecule has 3 aliphatic rings. The van der Waals surface area contributed by atoms with Crippen LogP contribution in [0.1, 0.15) is 58.3 Å². The smallest absolute Gasteiger partial charge is 0.0249 e. The molecule has 0 bridgehead atoms. The normalized spacial score (nSPS) is 36.5. The van der Waals surface area contributed by atoms with Crippen LogP contribution in [0.15, 0.2) is 0 Å². The van der Waals surface area contributed by atoms with Crippen molar-refractivity contribution in [3.63, 3.8) is 0 Å². The van der Waals surface area contributed by atoms with Gasteiger partial charge in [-0.15, -0.1) is 0 Å². The van der Waals surface area contributed by atoms with Crippen LogP contribution in [0.25, 0.3) is 0 Å². The largest absolute Gasteiger partial charge is 0.312 e. The van der Waals surface area contributed by atoms with E-state index < -0.39 is 0 Å². The zero-order valence-electron chi connectivity index (χ0n) is 11.4. The molecule has 2 heterocycles. The number of nitrogens with zero attached hydrogens (tertiary/aromatic N) is 1. The molecule has 1 N–H and O–H groups in total. The zero-order chi connectivity index (χ0) is 11.7. The number of hydrogen-bond donors (Lipinski definition) is 1.